The summed E-state index contributed by atoms with van der Waals surface area (Å²) in [6.45, 7) is 1.72. The Hall–Kier alpha value is -2.07. The van der Waals surface area contributed by atoms with Crippen molar-refractivity contribution in [2.75, 3.05) is 20.3 Å². The van der Waals surface area contributed by atoms with E-state index in [0.29, 0.717) is 26.1 Å². The normalized spacial score (nSPS) is 10.6. The smallest absolute Gasteiger partial charge is 0.222 e. The number of hydrogen-bond acceptors (Lipinski definition) is 3. The number of methoxy groups -OCH3 is 1. The van der Waals surface area contributed by atoms with Gasteiger partial charge < -0.3 is 14.1 Å². The van der Waals surface area contributed by atoms with Gasteiger partial charge in [0.25, 0.3) is 0 Å². The molecular weight excluding hydrogens is 278 g/mol. The van der Waals surface area contributed by atoms with Crippen LogP contribution < -0.4 is 0 Å². The van der Waals surface area contributed by atoms with Gasteiger partial charge in [-0.3, -0.25) is 4.79 Å². The zero-order chi connectivity index (χ0) is 15.6. The van der Waals surface area contributed by atoms with Crippen molar-refractivity contribution in [2.45, 2.75) is 25.8 Å². The van der Waals surface area contributed by atoms with Crippen LogP contribution in [0.4, 0.5) is 0 Å². The van der Waals surface area contributed by atoms with Crippen molar-refractivity contribution in [1.82, 2.24) is 4.90 Å². The van der Waals surface area contributed by atoms with Gasteiger partial charge in [0.1, 0.15) is 0 Å². The largest absolute Gasteiger partial charge is 0.472 e. The van der Waals surface area contributed by atoms with E-state index in [1.165, 1.54) is 5.56 Å². The second kappa shape index (κ2) is 9.05. The molecule has 2 rings (SSSR count). The quantitative estimate of drug-likeness (QED) is 0.714. The van der Waals surface area contributed by atoms with Crippen molar-refractivity contribution >= 4 is 5.91 Å². The Balaban J connectivity index is 1.82. The molecule has 1 aromatic carbocycles. The first-order valence-electron chi connectivity index (χ1n) is 7.61. The molecule has 0 fully saturated rings. The standard InChI is InChI=1S/C18H23NO3/c1-21-13-11-19(14-17-10-12-22-15-17)18(20)9-5-8-16-6-3-2-4-7-16/h2-4,6-7,10,12,15H,5,8-9,11,13-14H2,1H3. The molecule has 0 bridgehead atoms. The molecule has 22 heavy (non-hydrogen) atoms. The summed E-state index contributed by atoms with van der Waals surface area (Å²) in [5.74, 6) is 0.161. The van der Waals surface area contributed by atoms with Crippen molar-refractivity contribution in [3.63, 3.8) is 0 Å². The van der Waals surface area contributed by atoms with Crippen LogP contribution in [0.3, 0.4) is 0 Å². The molecular formula is C18H23NO3. The summed E-state index contributed by atoms with van der Waals surface area (Å²) in [5.41, 5.74) is 2.28. The molecule has 4 nitrogen and oxygen atoms in total. The summed E-state index contributed by atoms with van der Waals surface area (Å²) in [4.78, 5) is 14.2. The third-order valence-electron chi connectivity index (χ3n) is 3.57. The van der Waals surface area contributed by atoms with E-state index in [1.807, 2.05) is 29.2 Å². The highest BCUT2D eigenvalue weighted by molar-refractivity contribution is 5.76. The monoisotopic (exact) mass is 301 g/mol. The minimum absolute atomic E-state index is 0.161. The maximum absolute atomic E-state index is 12.4. The highest BCUT2D eigenvalue weighted by Crippen LogP contribution is 2.10. The average molecular weight is 301 g/mol. The minimum atomic E-state index is 0.161. The van der Waals surface area contributed by atoms with Gasteiger partial charge >= 0.3 is 0 Å². The lowest BCUT2D eigenvalue weighted by Crippen LogP contribution is -2.33. The molecule has 0 aliphatic heterocycles. The van der Waals surface area contributed by atoms with Gasteiger partial charge in [0, 0.05) is 32.2 Å². The summed E-state index contributed by atoms with van der Waals surface area (Å²) in [6.07, 6.45) is 5.64. The van der Waals surface area contributed by atoms with Crippen LogP contribution in [0.5, 0.6) is 0 Å². The number of furan rings is 1. The predicted octanol–water partition coefficient (Wildman–Crippen LogP) is 3.28. The summed E-state index contributed by atoms with van der Waals surface area (Å²) in [5, 5.41) is 0. The summed E-state index contributed by atoms with van der Waals surface area (Å²) in [7, 11) is 1.65. The second-order valence-electron chi connectivity index (χ2n) is 5.28. The third kappa shape index (κ3) is 5.37. The fourth-order valence-corrected chi connectivity index (χ4v) is 2.34. The Kier molecular flexibility index (Phi) is 6.71. The van der Waals surface area contributed by atoms with Gasteiger partial charge in [0.15, 0.2) is 0 Å². The van der Waals surface area contributed by atoms with E-state index in [2.05, 4.69) is 12.1 Å². The topological polar surface area (TPSA) is 42.7 Å². The molecule has 1 amide bonds. The summed E-state index contributed by atoms with van der Waals surface area (Å²) in [6, 6.07) is 12.1. The zero-order valence-corrected chi connectivity index (χ0v) is 13.0. The van der Waals surface area contributed by atoms with E-state index in [-0.39, 0.29) is 5.91 Å². The maximum atomic E-state index is 12.4. The molecule has 0 N–H and O–H groups in total. The van der Waals surface area contributed by atoms with Gasteiger partial charge in [-0.2, -0.15) is 0 Å². The van der Waals surface area contributed by atoms with Crippen LogP contribution in [0.15, 0.2) is 53.3 Å². The lowest BCUT2D eigenvalue weighted by molar-refractivity contribution is -0.132. The van der Waals surface area contributed by atoms with Gasteiger partial charge in [0.05, 0.1) is 19.1 Å². The minimum Gasteiger partial charge on any atom is -0.472 e. The number of amides is 1. The predicted molar refractivity (Wildman–Crippen MR) is 85.4 cm³/mol. The van der Waals surface area contributed by atoms with Gasteiger partial charge in [0.2, 0.25) is 5.91 Å². The van der Waals surface area contributed by atoms with Crippen LogP contribution in [0.2, 0.25) is 0 Å². The fourth-order valence-electron chi connectivity index (χ4n) is 2.34. The van der Waals surface area contributed by atoms with E-state index in [4.69, 9.17) is 9.15 Å². The maximum Gasteiger partial charge on any atom is 0.222 e. The fraction of sp³-hybridized carbons (Fsp3) is 0.389. The molecule has 0 spiro atoms. The van der Waals surface area contributed by atoms with Crippen LogP contribution in [-0.2, 0) is 22.5 Å². The summed E-state index contributed by atoms with van der Waals surface area (Å²) >= 11 is 0. The van der Waals surface area contributed by atoms with Crippen LogP contribution >= 0.6 is 0 Å². The van der Waals surface area contributed by atoms with Crippen LogP contribution in [0.25, 0.3) is 0 Å². The Labute approximate surface area is 131 Å². The Morgan fingerprint density at radius 2 is 2.00 bits per heavy atom. The van der Waals surface area contributed by atoms with Crippen molar-refractivity contribution in [3.8, 4) is 0 Å². The molecule has 0 atom stereocenters. The van der Waals surface area contributed by atoms with Crippen molar-refractivity contribution in [3.05, 3.63) is 60.1 Å². The molecule has 1 heterocycles. The first kappa shape index (κ1) is 16.3. The van der Waals surface area contributed by atoms with Gasteiger partial charge in [-0.15, -0.1) is 0 Å². The number of aryl methyl sites for hydroxylation is 1. The van der Waals surface area contributed by atoms with Gasteiger partial charge in [-0.1, -0.05) is 30.3 Å². The van der Waals surface area contributed by atoms with Gasteiger partial charge in [-0.25, -0.2) is 0 Å². The van der Waals surface area contributed by atoms with Gasteiger partial charge in [-0.05, 0) is 24.5 Å². The second-order valence-corrected chi connectivity index (χ2v) is 5.28. The van der Waals surface area contributed by atoms with E-state index >= 15 is 0 Å². The van der Waals surface area contributed by atoms with Crippen molar-refractivity contribution < 1.29 is 13.9 Å². The first-order chi connectivity index (χ1) is 10.8. The number of carbonyl (C=O) groups excluding carboxylic acids is 1. The third-order valence-corrected chi connectivity index (χ3v) is 3.57. The van der Waals surface area contributed by atoms with Crippen LogP contribution in [0, 0.1) is 0 Å². The SMILES string of the molecule is COCCN(Cc1ccoc1)C(=O)CCCc1ccccc1. The Morgan fingerprint density at radius 3 is 2.68 bits per heavy atom. The van der Waals surface area contributed by atoms with Crippen molar-refractivity contribution in [2.24, 2.45) is 0 Å². The molecule has 0 aliphatic rings. The molecule has 0 aliphatic carbocycles. The van der Waals surface area contributed by atoms with E-state index < -0.39 is 0 Å². The molecule has 1 aromatic heterocycles. The zero-order valence-electron chi connectivity index (χ0n) is 13.0. The molecule has 0 saturated heterocycles. The number of benzene rings is 1. The number of nitrogens with zero attached hydrogens (tertiary/aromatic N) is 1. The molecule has 118 valence electrons. The lowest BCUT2D eigenvalue weighted by atomic mass is 10.1. The average Bonchev–Trinajstić information content (AvgIpc) is 3.05. The molecule has 0 saturated carbocycles. The van der Waals surface area contributed by atoms with E-state index in [1.54, 1.807) is 19.6 Å². The van der Waals surface area contributed by atoms with Crippen LogP contribution in [0.1, 0.15) is 24.0 Å². The Morgan fingerprint density at radius 1 is 1.18 bits per heavy atom. The summed E-state index contributed by atoms with van der Waals surface area (Å²) < 4.78 is 10.2. The molecule has 0 radical (unpaired) electrons. The van der Waals surface area contributed by atoms with Crippen molar-refractivity contribution in [1.29, 1.82) is 0 Å². The molecule has 0 unspecified atom stereocenters. The first-order valence-corrected chi connectivity index (χ1v) is 7.61. The highest BCUT2D eigenvalue weighted by Gasteiger charge is 2.14. The Bertz CT molecular complexity index is 537. The molecule has 2 aromatic rings. The van der Waals surface area contributed by atoms with E-state index in [0.717, 1.165) is 18.4 Å². The number of ether oxygens (including phenoxy) is 1. The highest BCUT2D eigenvalue weighted by atomic mass is 16.5. The number of rotatable bonds is 9. The number of carbonyl (C=O) groups is 1. The lowest BCUT2D eigenvalue weighted by Gasteiger charge is -2.21. The van der Waals surface area contributed by atoms with Crippen LogP contribution in [-0.4, -0.2) is 31.1 Å². The van der Waals surface area contributed by atoms with E-state index in [9.17, 15) is 4.79 Å². The number of hydrogen-bond donors (Lipinski definition) is 0. The molecule has 4 heteroatoms.